The van der Waals surface area contributed by atoms with Gasteiger partial charge in [0.1, 0.15) is 0 Å². The van der Waals surface area contributed by atoms with E-state index in [1.54, 1.807) is 0 Å². The molecule has 0 atom stereocenters. The summed E-state index contributed by atoms with van der Waals surface area (Å²) in [5.74, 6) is -0.422. The van der Waals surface area contributed by atoms with Gasteiger partial charge in [-0.25, -0.2) is 0 Å². The zero-order chi connectivity index (χ0) is 13.0. The summed E-state index contributed by atoms with van der Waals surface area (Å²) in [6.45, 7) is 2.50. The van der Waals surface area contributed by atoms with Crippen molar-refractivity contribution in [3.05, 3.63) is 35.9 Å². The number of nitrogens with zero attached hydrogens (tertiary/aromatic N) is 1. The van der Waals surface area contributed by atoms with Gasteiger partial charge in [0, 0.05) is 19.6 Å². The summed E-state index contributed by atoms with van der Waals surface area (Å²) in [7, 11) is 0. The lowest BCUT2D eigenvalue weighted by atomic mass is 9.88. The van der Waals surface area contributed by atoms with Crippen molar-refractivity contribution in [2.24, 2.45) is 5.73 Å². The van der Waals surface area contributed by atoms with Crippen molar-refractivity contribution in [3.63, 3.8) is 0 Å². The Balaban J connectivity index is 1.85. The first-order valence-corrected chi connectivity index (χ1v) is 6.34. The molecule has 1 aromatic carbocycles. The third-order valence-electron chi connectivity index (χ3n) is 3.54. The van der Waals surface area contributed by atoms with Crippen molar-refractivity contribution in [1.82, 2.24) is 4.90 Å². The van der Waals surface area contributed by atoms with Crippen LogP contribution in [0, 0.1) is 0 Å². The number of carbonyl (C=O) groups excluding carboxylic acids is 1. The van der Waals surface area contributed by atoms with Crippen molar-refractivity contribution in [1.29, 1.82) is 0 Å². The fraction of sp³-hybridized carbons (Fsp3) is 0.500. The molecule has 98 valence electrons. The van der Waals surface area contributed by atoms with E-state index in [1.807, 2.05) is 18.2 Å². The van der Waals surface area contributed by atoms with Crippen LogP contribution in [0.4, 0.5) is 0 Å². The molecule has 4 heteroatoms. The van der Waals surface area contributed by atoms with Crippen molar-refractivity contribution in [2.75, 3.05) is 13.1 Å². The SMILES string of the molecule is NC(=O)CC1(O)CCN(Cc2ccccc2)CC1. The average Bonchev–Trinajstić information content (AvgIpc) is 2.33. The number of nitrogens with two attached hydrogens (primary N) is 1. The Bertz CT molecular complexity index is 398. The molecule has 1 aliphatic heterocycles. The largest absolute Gasteiger partial charge is 0.389 e. The number of aliphatic hydroxyl groups is 1. The smallest absolute Gasteiger partial charge is 0.220 e. The highest BCUT2D eigenvalue weighted by Gasteiger charge is 2.33. The first kappa shape index (κ1) is 13.1. The third-order valence-corrected chi connectivity index (χ3v) is 3.54. The molecule has 0 radical (unpaired) electrons. The molecule has 2 rings (SSSR count). The van der Waals surface area contributed by atoms with Crippen LogP contribution in [-0.2, 0) is 11.3 Å². The van der Waals surface area contributed by atoms with E-state index in [4.69, 9.17) is 5.73 Å². The Labute approximate surface area is 107 Å². The minimum Gasteiger partial charge on any atom is -0.389 e. The summed E-state index contributed by atoms with van der Waals surface area (Å²) in [6.07, 6.45) is 1.30. The number of piperidine rings is 1. The molecule has 1 heterocycles. The molecule has 0 saturated carbocycles. The van der Waals surface area contributed by atoms with Crippen LogP contribution in [0.25, 0.3) is 0 Å². The van der Waals surface area contributed by atoms with E-state index < -0.39 is 11.5 Å². The number of hydrogen-bond acceptors (Lipinski definition) is 3. The van der Waals surface area contributed by atoms with Gasteiger partial charge in [0.25, 0.3) is 0 Å². The van der Waals surface area contributed by atoms with Gasteiger partial charge in [0.05, 0.1) is 12.0 Å². The van der Waals surface area contributed by atoms with Gasteiger partial charge in [0.2, 0.25) is 5.91 Å². The Kier molecular flexibility index (Phi) is 3.99. The standard InChI is InChI=1S/C14H20N2O2/c15-13(17)10-14(18)6-8-16(9-7-14)11-12-4-2-1-3-5-12/h1-5,18H,6-11H2,(H2,15,17). The number of benzene rings is 1. The van der Waals surface area contributed by atoms with Gasteiger partial charge in [-0.15, -0.1) is 0 Å². The fourth-order valence-electron chi connectivity index (χ4n) is 2.47. The lowest BCUT2D eigenvalue weighted by molar-refractivity contribution is -0.125. The molecule has 0 bridgehead atoms. The number of primary amides is 1. The van der Waals surface area contributed by atoms with Crippen LogP contribution >= 0.6 is 0 Å². The molecular formula is C14H20N2O2. The molecular weight excluding hydrogens is 228 g/mol. The fourth-order valence-corrected chi connectivity index (χ4v) is 2.47. The Morgan fingerprint density at radius 1 is 1.28 bits per heavy atom. The van der Waals surface area contributed by atoms with Crippen LogP contribution in [0.5, 0.6) is 0 Å². The normalized spacial score (nSPS) is 19.6. The first-order chi connectivity index (χ1) is 8.57. The Morgan fingerprint density at radius 2 is 1.89 bits per heavy atom. The second-order valence-corrected chi connectivity index (χ2v) is 5.13. The van der Waals surface area contributed by atoms with Crippen molar-refractivity contribution < 1.29 is 9.90 Å². The molecule has 18 heavy (non-hydrogen) atoms. The molecule has 0 aliphatic carbocycles. The molecule has 4 nitrogen and oxygen atoms in total. The van der Waals surface area contributed by atoms with Crippen LogP contribution in [0.15, 0.2) is 30.3 Å². The third kappa shape index (κ3) is 3.55. The van der Waals surface area contributed by atoms with Gasteiger partial charge in [-0.3, -0.25) is 9.69 Å². The predicted molar refractivity (Wildman–Crippen MR) is 69.7 cm³/mol. The highest BCUT2D eigenvalue weighted by Crippen LogP contribution is 2.26. The van der Waals surface area contributed by atoms with E-state index in [9.17, 15) is 9.90 Å². The lowest BCUT2D eigenvalue weighted by Gasteiger charge is -2.37. The summed E-state index contributed by atoms with van der Waals surface area (Å²) in [5.41, 5.74) is 5.54. The summed E-state index contributed by atoms with van der Waals surface area (Å²) in [4.78, 5) is 13.2. The molecule has 1 fully saturated rings. The average molecular weight is 248 g/mol. The van der Waals surface area contributed by atoms with E-state index >= 15 is 0 Å². The Hall–Kier alpha value is -1.39. The van der Waals surface area contributed by atoms with E-state index in [2.05, 4.69) is 17.0 Å². The quantitative estimate of drug-likeness (QED) is 0.831. The minimum atomic E-state index is -0.890. The molecule has 1 aromatic rings. The van der Waals surface area contributed by atoms with E-state index in [1.165, 1.54) is 5.56 Å². The maximum atomic E-state index is 10.9. The van der Waals surface area contributed by atoms with E-state index in [-0.39, 0.29) is 6.42 Å². The van der Waals surface area contributed by atoms with Gasteiger partial charge in [0.15, 0.2) is 0 Å². The predicted octanol–water partition coefficient (Wildman–Crippen LogP) is 0.889. The second-order valence-electron chi connectivity index (χ2n) is 5.13. The Morgan fingerprint density at radius 3 is 2.44 bits per heavy atom. The molecule has 0 aromatic heterocycles. The second kappa shape index (κ2) is 5.50. The van der Waals surface area contributed by atoms with Gasteiger partial charge in [-0.2, -0.15) is 0 Å². The highest BCUT2D eigenvalue weighted by atomic mass is 16.3. The highest BCUT2D eigenvalue weighted by molar-refractivity contribution is 5.74. The number of hydrogen-bond donors (Lipinski definition) is 2. The molecule has 3 N–H and O–H groups in total. The van der Waals surface area contributed by atoms with Gasteiger partial charge in [-0.05, 0) is 18.4 Å². The number of carbonyl (C=O) groups is 1. The van der Waals surface area contributed by atoms with Crippen LogP contribution in [0.3, 0.4) is 0 Å². The zero-order valence-corrected chi connectivity index (χ0v) is 10.5. The van der Waals surface area contributed by atoms with Crippen molar-refractivity contribution in [3.8, 4) is 0 Å². The molecule has 0 spiro atoms. The molecule has 1 amide bonds. The zero-order valence-electron chi connectivity index (χ0n) is 10.5. The van der Waals surface area contributed by atoms with Gasteiger partial charge in [-0.1, -0.05) is 30.3 Å². The van der Waals surface area contributed by atoms with Gasteiger partial charge < -0.3 is 10.8 Å². The van der Waals surface area contributed by atoms with Crippen molar-refractivity contribution in [2.45, 2.75) is 31.4 Å². The number of amides is 1. The van der Waals surface area contributed by atoms with Crippen LogP contribution < -0.4 is 5.73 Å². The number of rotatable bonds is 4. The van der Waals surface area contributed by atoms with E-state index in [0.29, 0.717) is 12.8 Å². The van der Waals surface area contributed by atoms with Crippen LogP contribution in [-0.4, -0.2) is 34.6 Å². The van der Waals surface area contributed by atoms with E-state index in [0.717, 1.165) is 19.6 Å². The minimum absolute atomic E-state index is 0.0756. The molecule has 1 aliphatic rings. The molecule has 1 saturated heterocycles. The number of likely N-dealkylation sites (tertiary alicyclic amines) is 1. The maximum Gasteiger partial charge on any atom is 0.220 e. The topological polar surface area (TPSA) is 66.6 Å². The molecule has 0 unspecified atom stereocenters. The summed E-state index contributed by atoms with van der Waals surface area (Å²) >= 11 is 0. The lowest BCUT2D eigenvalue weighted by Crippen LogP contribution is -2.46. The monoisotopic (exact) mass is 248 g/mol. The van der Waals surface area contributed by atoms with Crippen LogP contribution in [0.1, 0.15) is 24.8 Å². The summed E-state index contributed by atoms with van der Waals surface area (Å²) in [5, 5.41) is 10.2. The van der Waals surface area contributed by atoms with Crippen molar-refractivity contribution >= 4 is 5.91 Å². The summed E-state index contributed by atoms with van der Waals surface area (Å²) in [6, 6.07) is 10.3. The van der Waals surface area contributed by atoms with Crippen LogP contribution in [0.2, 0.25) is 0 Å². The van der Waals surface area contributed by atoms with Gasteiger partial charge >= 0.3 is 0 Å². The summed E-state index contributed by atoms with van der Waals surface area (Å²) < 4.78 is 0. The first-order valence-electron chi connectivity index (χ1n) is 6.34. The maximum absolute atomic E-state index is 10.9.